The summed E-state index contributed by atoms with van der Waals surface area (Å²) in [6.45, 7) is 2.07. The molecule has 3 rings (SSSR count). The lowest BCUT2D eigenvalue weighted by Crippen LogP contribution is -2.51. The third-order valence-corrected chi connectivity index (χ3v) is 5.31. The summed E-state index contributed by atoms with van der Waals surface area (Å²) in [5, 5.41) is 0. The maximum Gasteiger partial charge on any atom is 0.257 e. The first-order chi connectivity index (χ1) is 9.51. The van der Waals surface area contributed by atoms with Gasteiger partial charge in [0.05, 0.1) is 5.41 Å². The van der Waals surface area contributed by atoms with E-state index in [9.17, 15) is 13.2 Å². The third-order valence-electron chi connectivity index (χ3n) is 4.21. The first kappa shape index (κ1) is 14.3. The molecule has 0 N–H and O–H groups in total. The van der Waals surface area contributed by atoms with E-state index in [1.165, 1.54) is 12.1 Å². The van der Waals surface area contributed by atoms with Gasteiger partial charge >= 0.3 is 0 Å². The van der Waals surface area contributed by atoms with Gasteiger partial charge in [0.2, 0.25) is 0 Å². The lowest BCUT2D eigenvalue weighted by molar-refractivity contribution is -0.0243. The predicted octanol–water partition coefficient (Wildman–Crippen LogP) is 4.04. The fourth-order valence-corrected chi connectivity index (χ4v) is 3.76. The van der Waals surface area contributed by atoms with E-state index >= 15 is 0 Å². The summed E-state index contributed by atoms with van der Waals surface area (Å²) in [4.78, 5) is 3.20. The molecule has 0 amide bonds. The van der Waals surface area contributed by atoms with Crippen molar-refractivity contribution in [3.05, 3.63) is 30.1 Å². The molecule has 20 heavy (non-hydrogen) atoms. The summed E-state index contributed by atoms with van der Waals surface area (Å²) in [5.41, 5.74) is -0.643. The quantitative estimate of drug-likeness (QED) is 0.576. The van der Waals surface area contributed by atoms with E-state index in [4.69, 9.17) is 0 Å². The minimum atomic E-state index is -2.39. The van der Waals surface area contributed by atoms with E-state index in [1.54, 1.807) is 23.9 Å². The normalized spacial score (nSPS) is 22.8. The van der Waals surface area contributed by atoms with Crippen LogP contribution in [0.2, 0.25) is 0 Å². The fourth-order valence-electron chi connectivity index (χ4n) is 2.85. The van der Waals surface area contributed by atoms with Gasteiger partial charge in [0, 0.05) is 24.4 Å². The molecule has 0 bridgehead atoms. The molecule has 2 fully saturated rings. The molecule has 1 saturated carbocycles. The Bertz CT molecular complexity index is 469. The van der Waals surface area contributed by atoms with Crippen LogP contribution in [0.3, 0.4) is 0 Å². The second kappa shape index (κ2) is 5.26. The Morgan fingerprint density at radius 2 is 1.75 bits per heavy atom. The average Bonchev–Trinajstić information content (AvgIpc) is 2.93. The lowest BCUT2D eigenvalue weighted by Gasteiger charge is -2.40. The minimum Gasteiger partial charge on any atom is -0.302 e. The van der Waals surface area contributed by atoms with Gasteiger partial charge < -0.3 is 4.90 Å². The smallest absolute Gasteiger partial charge is 0.257 e. The van der Waals surface area contributed by atoms with Gasteiger partial charge in [-0.25, -0.2) is 13.2 Å². The van der Waals surface area contributed by atoms with Crippen LogP contribution in [0.15, 0.2) is 29.2 Å². The van der Waals surface area contributed by atoms with Crippen LogP contribution >= 0.6 is 11.8 Å². The first-order valence-corrected chi connectivity index (χ1v) is 7.98. The molecule has 110 valence electrons. The highest BCUT2D eigenvalue weighted by Crippen LogP contribution is 2.65. The number of rotatable bonds is 6. The van der Waals surface area contributed by atoms with Crippen molar-refractivity contribution in [2.24, 2.45) is 5.41 Å². The number of benzene rings is 1. The highest BCUT2D eigenvalue weighted by atomic mass is 32.2. The molecule has 1 heterocycles. The average molecular weight is 301 g/mol. The summed E-state index contributed by atoms with van der Waals surface area (Å²) in [7, 11) is 0. The number of likely N-dealkylation sites (tertiary alicyclic amines) is 1. The van der Waals surface area contributed by atoms with E-state index in [0.29, 0.717) is 13.1 Å². The van der Waals surface area contributed by atoms with Crippen molar-refractivity contribution in [2.75, 3.05) is 25.4 Å². The van der Waals surface area contributed by atoms with Crippen LogP contribution in [0.25, 0.3) is 0 Å². The van der Waals surface area contributed by atoms with Crippen molar-refractivity contribution >= 4 is 11.8 Å². The number of unbranched alkanes of at least 4 members (excludes halogenated alkanes) is 1. The molecule has 1 aliphatic heterocycles. The molecule has 0 radical (unpaired) electrons. The number of thioether (sulfide) groups is 1. The molecule has 0 unspecified atom stereocenters. The molecule has 0 atom stereocenters. The topological polar surface area (TPSA) is 3.24 Å². The molecule has 1 nitrogen and oxygen atoms in total. The predicted molar refractivity (Wildman–Crippen MR) is 74.8 cm³/mol. The molecule has 5 heteroatoms. The van der Waals surface area contributed by atoms with Crippen LogP contribution in [0.5, 0.6) is 0 Å². The van der Waals surface area contributed by atoms with Crippen LogP contribution in [-0.4, -0.2) is 36.2 Å². The Hall–Kier alpha value is -0.680. The number of halogens is 3. The Labute approximate surface area is 121 Å². The van der Waals surface area contributed by atoms with Gasteiger partial charge in [0.15, 0.2) is 0 Å². The second-order valence-corrected chi connectivity index (χ2v) is 7.05. The standard InChI is InChI=1S/C15H18F3NS/c16-12-3-5-13(6-4-12)20-8-2-1-7-19-10-14(11-19)9-15(14,17)18/h3-6H,1-2,7-11H2. The Kier molecular flexibility index (Phi) is 3.75. The summed E-state index contributed by atoms with van der Waals surface area (Å²) >= 11 is 1.71. The van der Waals surface area contributed by atoms with Crippen molar-refractivity contribution in [1.82, 2.24) is 4.90 Å². The van der Waals surface area contributed by atoms with Crippen molar-refractivity contribution in [3.8, 4) is 0 Å². The van der Waals surface area contributed by atoms with Gasteiger partial charge in [0.25, 0.3) is 5.92 Å². The minimum absolute atomic E-state index is 0.0942. The molecule has 2 aliphatic rings. The highest BCUT2D eigenvalue weighted by molar-refractivity contribution is 7.99. The van der Waals surface area contributed by atoms with E-state index in [-0.39, 0.29) is 12.2 Å². The second-order valence-electron chi connectivity index (χ2n) is 5.88. The van der Waals surface area contributed by atoms with Crippen LogP contribution in [-0.2, 0) is 0 Å². The van der Waals surface area contributed by atoms with E-state index in [1.807, 2.05) is 0 Å². The summed E-state index contributed by atoms with van der Waals surface area (Å²) in [5.74, 6) is -1.61. The zero-order chi connectivity index (χ0) is 14.2. The van der Waals surface area contributed by atoms with Crippen molar-refractivity contribution in [2.45, 2.75) is 30.1 Å². The molecule has 1 spiro atoms. The Balaban J connectivity index is 1.26. The molecule has 1 saturated heterocycles. The van der Waals surface area contributed by atoms with Crippen LogP contribution in [0.4, 0.5) is 13.2 Å². The summed E-state index contributed by atoms with van der Waals surface area (Å²) in [6, 6.07) is 6.51. The Morgan fingerprint density at radius 3 is 2.35 bits per heavy atom. The lowest BCUT2D eigenvalue weighted by atomic mass is 9.96. The number of hydrogen-bond acceptors (Lipinski definition) is 2. The van der Waals surface area contributed by atoms with E-state index in [2.05, 4.69) is 4.90 Å². The number of hydrogen-bond donors (Lipinski definition) is 0. The van der Waals surface area contributed by atoms with E-state index in [0.717, 1.165) is 30.0 Å². The number of alkyl halides is 2. The van der Waals surface area contributed by atoms with Gasteiger partial charge in [-0.05, 0) is 49.4 Å². The monoisotopic (exact) mass is 301 g/mol. The zero-order valence-electron chi connectivity index (χ0n) is 11.2. The van der Waals surface area contributed by atoms with Crippen LogP contribution in [0, 0.1) is 11.2 Å². The molecule has 0 aromatic heterocycles. The number of nitrogens with zero attached hydrogens (tertiary/aromatic N) is 1. The largest absolute Gasteiger partial charge is 0.302 e. The molecule has 1 aromatic rings. The summed E-state index contributed by atoms with van der Waals surface area (Å²) < 4.78 is 38.7. The van der Waals surface area contributed by atoms with Gasteiger partial charge in [-0.3, -0.25) is 0 Å². The van der Waals surface area contributed by atoms with E-state index < -0.39 is 11.3 Å². The van der Waals surface area contributed by atoms with Gasteiger partial charge in [-0.2, -0.15) is 0 Å². The first-order valence-electron chi connectivity index (χ1n) is 6.99. The molecular weight excluding hydrogens is 283 g/mol. The third kappa shape index (κ3) is 2.84. The van der Waals surface area contributed by atoms with Crippen LogP contribution in [0.1, 0.15) is 19.3 Å². The summed E-state index contributed by atoms with van der Waals surface area (Å²) in [6.07, 6.45) is 2.19. The van der Waals surface area contributed by atoms with Gasteiger partial charge in [0.1, 0.15) is 5.82 Å². The maximum atomic E-state index is 13.0. The fraction of sp³-hybridized carbons (Fsp3) is 0.600. The van der Waals surface area contributed by atoms with Crippen LogP contribution < -0.4 is 0 Å². The molecular formula is C15H18F3NS. The van der Waals surface area contributed by atoms with Crippen molar-refractivity contribution < 1.29 is 13.2 Å². The zero-order valence-corrected chi connectivity index (χ0v) is 12.1. The SMILES string of the molecule is Fc1ccc(SCCCCN2CC3(C2)CC3(F)F)cc1. The van der Waals surface area contributed by atoms with Gasteiger partial charge in [-0.1, -0.05) is 0 Å². The van der Waals surface area contributed by atoms with Gasteiger partial charge in [-0.15, -0.1) is 11.8 Å². The molecule has 1 aromatic carbocycles. The van der Waals surface area contributed by atoms with Crippen molar-refractivity contribution in [1.29, 1.82) is 0 Å². The maximum absolute atomic E-state index is 13.0. The van der Waals surface area contributed by atoms with Crippen molar-refractivity contribution in [3.63, 3.8) is 0 Å². The highest BCUT2D eigenvalue weighted by Gasteiger charge is 2.75. The Morgan fingerprint density at radius 1 is 1.10 bits per heavy atom. The molecule has 1 aliphatic carbocycles.